The van der Waals surface area contributed by atoms with Crippen LogP contribution in [0.5, 0.6) is 5.75 Å². The standard InChI is InChI=1S/C13H12BrNO2/c1-8-7-9(16)3-4-10(8)12-6-5-11(14)13(17)15(12)2/h3-7,16H,1-2H3. The molecule has 4 heteroatoms. The fourth-order valence-electron chi connectivity index (χ4n) is 1.81. The van der Waals surface area contributed by atoms with E-state index < -0.39 is 0 Å². The molecule has 0 amide bonds. The highest BCUT2D eigenvalue weighted by molar-refractivity contribution is 9.10. The number of aromatic nitrogens is 1. The molecular formula is C13H12BrNO2. The molecule has 0 radical (unpaired) electrons. The molecule has 2 aromatic rings. The molecule has 1 aromatic heterocycles. The highest BCUT2D eigenvalue weighted by atomic mass is 79.9. The van der Waals surface area contributed by atoms with Crippen molar-refractivity contribution in [2.75, 3.05) is 0 Å². The lowest BCUT2D eigenvalue weighted by atomic mass is 10.0. The third kappa shape index (κ3) is 2.13. The topological polar surface area (TPSA) is 42.2 Å². The summed E-state index contributed by atoms with van der Waals surface area (Å²) in [4.78, 5) is 11.8. The molecule has 17 heavy (non-hydrogen) atoms. The van der Waals surface area contributed by atoms with E-state index in [1.807, 2.05) is 19.1 Å². The first-order valence-corrected chi connectivity index (χ1v) is 5.95. The first-order chi connectivity index (χ1) is 8.00. The molecule has 0 atom stereocenters. The van der Waals surface area contributed by atoms with Gasteiger partial charge in [-0.15, -0.1) is 0 Å². The van der Waals surface area contributed by atoms with Crippen molar-refractivity contribution in [2.45, 2.75) is 6.92 Å². The Morgan fingerprint density at radius 2 is 1.94 bits per heavy atom. The second-order valence-corrected chi connectivity index (χ2v) is 4.78. The highest BCUT2D eigenvalue weighted by Crippen LogP contribution is 2.25. The van der Waals surface area contributed by atoms with Crippen LogP contribution in [0, 0.1) is 6.92 Å². The van der Waals surface area contributed by atoms with Crippen molar-refractivity contribution in [2.24, 2.45) is 7.05 Å². The second-order valence-electron chi connectivity index (χ2n) is 3.93. The molecule has 0 fully saturated rings. The van der Waals surface area contributed by atoms with Crippen LogP contribution in [-0.2, 0) is 7.05 Å². The van der Waals surface area contributed by atoms with E-state index in [0.717, 1.165) is 16.8 Å². The monoisotopic (exact) mass is 293 g/mol. The predicted octanol–water partition coefficient (Wildman–Crippen LogP) is 2.83. The van der Waals surface area contributed by atoms with Crippen LogP contribution in [0.3, 0.4) is 0 Å². The summed E-state index contributed by atoms with van der Waals surface area (Å²) in [6.07, 6.45) is 0. The Morgan fingerprint density at radius 1 is 1.24 bits per heavy atom. The SMILES string of the molecule is Cc1cc(O)ccc1-c1ccc(Br)c(=O)n1C. The zero-order valence-electron chi connectivity index (χ0n) is 9.57. The summed E-state index contributed by atoms with van der Waals surface area (Å²) in [5, 5.41) is 9.38. The largest absolute Gasteiger partial charge is 0.508 e. The molecular weight excluding hydrogens is 282 g/mol. The number of nitrogens with zero attached hydrogens (tertiary/aromatic N) is 1. The summed E-state index contributed by atoms with van der Waals surface area (Å²) in [6.45, 7) is 1.90. The van der Waals surface area contributed by atoms with Crippen LogP contribution in [0.4, 0.5) is 0 Å². The van der Waals surface area contributed by atoms with E-state index in [1.165, 1.54) is 0 Å². The lowest BCUT2D eigenvalue weighted by Crippen LogP contribution is -2.18. The number of halogens is 1. The van der Waals surface area contributed by atoms with Crippen LogP contribution in [0.1, 0.15) is 5.56 Å². The van der Waals surface area contributed by atoms with E-state index in [-0.39, 0.29) is 11.3 Å². The highest BCUT2D eigenvalue weighted by Gasteiger charge is 2.08. The van der Waals surface area contributed by atoms with Crippen molar-refractivity contribution in [1.82, 2.24) is 4.57 Å². The number of benzene rings is 1. The summed E-state index contributed by atoms with van der Waals surface area (Å²) in [6, 6.07) is 8.74. The fourth-order valence-corrected chi connectivity index (χ4v) is 2.21. The first-order valence-electron chi connectivity index (χ1n) is 5.16. The van der Waals surface area contributed by atoms with Gasteiger partial charge in [0.25, 0.3) is 5.56 Å². The van der Waals surface area contributed by atoms with Crippen molar-refractivity contribution in [3.63, 3.8) is 0 Å². The van der Waals surface area contributed by atoms with E-state index in [1.54, 1.807) is 29.8 Å². The number of hydrogen-bond donors (Lipinski definition) is 1. The Balaban J connectivity index is 2.69. The molecule has 88 valence electrons. The van der Waals surface area contributed by atoms with Crippen molar-refractivity contribution < 1.29 is 5.11 Å². The van der Waals surface area contributed by atoms with Crippen molar-refractivity contribution in [3.05, 3.63) is 50.7 Å². The summed E-state index contributed by atoms with van der Waals surface area (Å²) in [7, 11) is 1.73. The van der Waals surface area contributed by atoms with Gasteiger partial charge in [-0.05, 0) is 58.7 Å². The molecule has 1 N–H and O–H groups in total. The minimum absolute atomic E-state index is 0.0741. The second kappa shape index (κ2) is 4.37. The molecule has 3 nitrogen and oxygen atoms in total. The van der Waals surface area contributed by atoms with E-state index in [4.69, 9.17) is 0 Å². The van der Waals surface area contributed by atoms with Gasteiger partial charge in [0, 0.05) is 12.6 Å². The molecule has 0 aliphatic heterocycles. The van der Waals surface area contributed by atoms with Gasteiger partial charge in [-0.3, -0.25) is 4.79 Å². The number of phenols is 1. The number of pyridine rings is 1. The zero-order chi connectivity index (χ0) is 12.6. The third-order valence-corrected chi connectivity index (χ3v) is 3.35. The number of phenolic OH excluding ortho intramolecular Hbond substituents is 1. The number of aromatic hydroxyl groups is 1. The Kier molecular flexibility index (Phi) is 3.07. The van der Waals surface area contributed by atoms with Crippen LogP contribution in [0.15, 0.2) is 39.6 Å². The molecule has 0 saturated heterocycles. The zero-order valence-corrected chi connectivity index (χ0v) is 11.2. The molecule has 0 bridgehead atoms. The van der Waals surface area contributed by atoms with Crippen LogP contribution < -0.4 is 5.56 Å². The van der Waals surface area contributed by atoms with Gasteiger partial charge in [-0.2, -0.15) is 0 Å². The first kappa shape index (κ1) is 11.9. The van der Waals surface area contributed by atoms with Gasteiger partial charge in [0.1, 0.15) is 5.75 Å². The maximum absolute atomic E-state index is 11.8. The lowest BCUT2D eigenvalue weighted by molar-refractivity contribution is 0.475. The van der Waals surface area contributed by atoms with Crippen molar-refractivity contribution in [3.8, 4) is 17.0 Å². The summed E-state index contributed by atoms with van der Waals surface area (Å²) >= 11 is 3.21. The summed E-state index contributed by atoms with van der Waals surface area (Å²) in [5.41, 5.74) is 2.63. The molecule has 0 aliphatic carbocycles. The third-order valence-electron chi connectivity index (χ3n) is 2.74. The van der Waals surface area contributed by atoms with Gasteiger partial charge >= 0.3 is 0 Å². The van der Waals surface area contributed by atoms with Crippen molar-refractivity contribution >= 4 is 15.9 Å². The van der Waals surface area contributed by atoms with Crippen LogP contribution >= 0.6 is 15.9 Å². The minimum atomic E-state index is -0.0741. The average molecular weight is 294 g/mol. The molecule has 1 heterocycles. The Hall–Kier alpha value is -1.55. The van der Waals surface area contributed by atoms with Gasteiger partial charge in [-0.25, -0.2) is 0 Å². The smallest absolute Gasteiger partial charge is 0.265 e. The maximum Gasteiger partial charge on any atom is 0.265 e. The van der Waals surface area contributed by atoms with Gasteiger partial charge < -0.3 is 9.67 Å². The van der Waals surface area contributed by atoms with Crippen LogP contribution in [0.25, 0.3) is 11.3 Å². The minimum Gasteiger partial charge on any atom is -0.508 e. The van der Waals surface area contributed by atoms with Gasteiger partial charge in [-0.1, -0.05) is 0 Å². The Morgan fingerprint density at radius 3 is 2.59 bits per heavy atom. The molecule has 0 unspecified atom stereocenters. The normalized spacial score (nSPS) is 10.5. The molecule has 0 spiro atoms. The number of aryl methyl sites for hydroxylation is 1. The summed E-state index contributed by atoms with van der Waals surface area (Å²) in [5.74, 6) is 0.230. The quantitative estimate of drug-likeness (QED) is 0.878. The predicted molar refractivity (Wildman–Crippen MR) is 71.2 cm³/mol. The Labute approximate surface area is 107 Å². The number of hydrogen-bond acceptors (Lipinski definition) is 2. The fraction of sp³-hybridized carbons (Fsp3) is 0.154. The molecule has 0 aliphatic rings. The van der Waals surface area contributed by atoms with E-state index in [9.17, 15) is 9.90 Å². The molecule has 2 rings (SSSR count). The summed E-state index contributed by atoms with van der Waals surface area (Å²) < 4.78 is 2.13. The Bertz CT molecular complexity index is 632. The van der Waals surface area contributed by atoms with E-state index >= 15 is 0 Å². The molecule has 1 aromatic carbocycles. The average Bonchev–Trinajstić information content (AvgIpc) is 2.28. The number of rotatable bonds is 1. The van der Waals surface area contributed by atoms with Crippen LogP contribution in [0.2, 0.25) is 0 Å². The van der Waals surface area contributed by atoms with Gasteiger partial charge in [0.05, 0.1) is 10.2 Å². The van der Waals surface area contributed by atoms with Gasteiger partial charge in [0.2, 0.25) is 0 Å². The maximum atomic E-state index is 11.8. The van der Waals surface area contributed by atoms with Gasteiger partial charge in [0.15, 0.2) is 0 Å². The lowest BCUT2D eigenvalue weighted by Gasteiger charge is -2.11. The van der Waals surface area contributed by atoms with Crippen LogP contribution in [-0.4, -0.2) is 9.67 Å². The van der Waals surface area contributed by atoms with E-state index in [0.29, 0.717) is 4.47 Å². The van der Waals surface area contributed by atoms with Crippen molar-refractivity contribution in [1.29, 1.82) is 0 Å². The molecule has 0 saturated carbocycles. The van der Waals surface area contributed by atoms with E-state index in [2.05, 4.69) is 15.9 Å².